The molecule has 0 fully saturated rings. The maximum Gasteiger partial charge on any atom is 0.344 e. The van der Waals surface area contributed by atoms with Gasteiger partial charge in [0.05, 0.1) is 12.5 Å². The summed E-state index contributed by atoms with van der Waals surface area (Å²) in [7, 11) is 1.64. The Balaban J connectivity index is 2.11. The quantitative estimate of drug-likeness (QED) is 0.497. The lowest BCUT2D eigenvalue weighted by molar-refractivity contribution is 0.415. The number of methoxy groups -OCH3 is 1. The summed E-state index contributed by atoms with van der Waals surface area (Å²) in [4.78, 5) is 12.6. The van der Waals surface area contributed by atoms with Crippen LogP contribution in [-0.2, 0) is 0 Å². The first-order valence-electron chi connectivity index (χ1n) is 8.44. The summed E-state index contributed by atoms with van der Waals surface area (Å²) in [5, 5.41) is 1.48. The Morgan fingerprint density at radius 3 is 2.23 bits per heavy atom. The van der Waals surface area contributed by atoms with Gasteiger partial charge in [-0.3, -0.25) is 0 Å². The number of aryl methyl sites for hydroxylation is 1. The molecule has 4 aromatic rings. The van der Waals surface area contributed by atoms with E-state index in [0.29, 0.717) is 11.1 Å². The van der Waals surface area contributed by atoms with Crippen molar-refractivity contribution in [1.82, 2.24) is 0 Å². The van der Waals surface area contributed by atoms with Gasteiger partial charge in [-0.05, 0) is 30.7 Å². The summed E-state index contributed by atoms with van der Waals surface area (Å²) < 4.78 is 11.0. The van der Waals surface area contributed by atoms with Gasteiger partial charge in [0.25, 0.3) is 0 Å². The number of benzene rings is 3. The Bertz CT molecular complexity index is 1120. The zero-order valence-corrected chi connectivity index (χ0v) is 14.7. The topological polar surface area (TPSA) is 39.4 Å². The van der Waals surface area contributed by atoms with E-state index in [9.17, 15) is 4.79 Å². The molecule has 3 heteroatoms. The highest BCUT2D eigenvalue weighted by Gasteiger charge is 2.17. The fourth-order valence-corrected chi connectivity index (χ4v) is 3.20. The molecular weight excluding hydrogens is 324 g/mol. The van der Waals surface area contributed by atoms with Gasteiger partial charge in [-0.2, -0.15) is 0 Å². The summed E-state index contributed by atoms with van der Waals surface area (Å²) in [6.45, 7) is 2.02. The summed E-state index contributed by atoms with van der Waals surface area (Å²) in [5.41, 5.74) is 3.54. The predicted octanol–water partition coefficient (Wildman–Crippen LogP) is 5.44. The van der Waals surface area contributed by atoms with E-state index < -0.39 is 0 Å². The SMILES string of the molecule is COc1ccc(-c2c(-c3ccccc3)oc(=O)c3ccc(C)cc23)cc1. The first-order valence-corrected chi connectivity index (χ1v) is 8.44. The van der Waals surface area contributed by atoms with E-state index in [-0.39, 0.29) is 5.63 Å². The van der Waals surface area contributed by atoms with Crippen molar-refractivity contribution in [3.05, 3.63) is 88.8 Å². The Kier molecular flexibility index (Phi) is 4.05. The minimum absolute atomic E-state index is 0.323. The van der Waals surface area contributed by atoms with Crippen molar-refractivity contribution in [2.24, 2.45) is 0 Å². The highest BCUT2D eigenvalue weighted by atomic mass is 16.5. The van der Waals surface area contributed by atoms with Crippen LogP contribution in [0.1, 0.15) is 5.56 Å². The van der Waals surface area contributed by atoms with Crippen molar-refractivity contribution in [2.45, 2.75) is 6.92 Å². The fraction of sp³-hybridized carbons (Fsp3) is 0.0870. The Labute approximate surface area is 151 Å². The Hall–Kier alpha value is -3.33. The molecule has 4 rings (SSSR count). The molecule has 0 unspecified atom stereocenters. The van der Waals surface area contributed by atoms with Crippen LogP contribution in [0.4, 0.5) is 0 Å². The number of hydrogen-bond donors (Lipinski definition) is 0. The molecule has 0 spiro atoms. The number of fused-ring (bicyclic) bond motifs is 1. The van der Waals surface area contributed by atoms with Gasteiger partial charge in [-0.15, -0.1) is 0 Å². The van der Waals surface area contributed by atoms with Crippen LogP contribution in [-0.4, -0.2) is 7.11 Å². The molecule has 0 atom stereocenters. The molecule has 1 heterocycles. The van der Waals surface area contributed by atoms with Crippen LogP contribution < -0.4 is 10.4 Å². The first kappa shape index (κ1) is 16.2. The van der Waals surface area contributed by atoms with Gasteiger partial charge < -0.3 is 9.15 Å². The van der Waals surface area contributed by atoms with E-state index in [0.717, 1.165) is 33.4 Å². The van der Waals surface area contributed by atoms with E-state index in [1.807, 2.05) is 79.7 Å². The van der Waals surface area contributed by atoms with Gasteiger partial charge in [-0.25, -0.2) is 4.79 Å². The molecule has 0 bridgehead atoms. The van der Waals surface area contributed by atoms with E-state index >= 15 is 0 Å². The molecule has 0 saturated carbocycles. The first-order chi connectivity index (χ1) is 12.7. The lowest BCUT2D eigenvalue weighted by Crippen LogP contribution is -2.03. The Morgan fingerprint density at radius 2 is 1.54 bits per heavy atom. The predicted molar refractivity (Wildman–Crippen MR) is 105 cm³/mol. The Morgan fingerprint density at radius 1 is 0.808 bits per heavy atom. The summed E-state index contributed by atoms with van der Waals surface area (Å²) in [5.74, 6) is 1.37. The molecule has 128 valence electrons. The molecule has 0 aliphatic rings. The van der Waals surface area contributed by atoms with Crippen LogP contribution in [0.25, 0.3) is 33.2 Å². The number of ether oxygens (including phenoxy) is 1. The summed E-state index contributed by atoms with van der Waals surface area (Å²) >= 11 is 0. The largest absolute Gasteiger partial charge is 0.497 e. The smallest absolute Gasteiger partial charge is 0.344 e. The second-order valence-corrected chi connectivity index (χ2v) is 6.24. The van der Waals surface area contributed by atoms with E-state index in [1.54, 1.807) is 7.11 Å². The fourth-order valence-electron chi connectivity index (χ4n) is 3.20. The van der Waals surface area contributed by atoms with Gasteiger partial charge in [0.15, 0.2) is 0 Å². The van der Waals surface area contributed by atoms with Crippen LogP contribution >= 0.6 is 0 Å². The van der Waals surface area contributed by atoms with E-state index in [2.05, 4.69) is 0 Å². The highest BCUT2D eigenvalue weighted by molar-refractivity contribution is 6.01. The number of rotatable bonds is 3. The second kappa shape index (κ2) is 6.52. The zero-order chi connectivity index (χ0) is 18.1. The average molecular weight is 342 g/mol. The van der Waals surface area contributed by atoms with Crippen LogP contribution in [0.15, 0.2) is 82.0 Å². The van der Waals surface area contributed by atoms with Crippen LogP contribution in [0, 0.1) is 6.92 Å². The second-order valence-electron chi connectivity index (χ2n) is 6.24. The van der Waals surface area contributed by atoms with E-state index in [1.165, 1.54) is 0 Å². The average Bonchev–Trinajstić information content (AvgIpc) is 2.68. The molecule has 0 amide bonds. The molecule has 1 aromatic heterocycles. The van der Waals surface area contributed by atoms with Crippen molar-refractivity contribution in [3.8, 4) is 28.2 Å². The standard InChI is InChI=1S/C23H18O3/c1-15-8-13-19-20(14-15)21(16-9-11-18(25-2)12-10-16)22(26-23(19)24)17-6-4-3-5-7-17/h3-14H,1-2H3. The normalized spacial score (nSPS) is 10.8. The molecule has 0 aliphatic heterocycles. The molecule has 0 N–H and O–H groups in total. The minimum atomic E-state index is -0.323. The minimum Gasteiger partial charge on any atom is -0.497 e. The van der Waals surface area contributed by atoms with Crippen molar-refractivity contribution >= 4 is 10.8 Å². The van der Waals surface area contributed by atoms with Crippen LogP contribution in [0.5, 0.6) is 5.75 Å². The van der Waals surface area contributed by atoms with Crippen molar-refractivity contribution < 1.29 is 9.15 Å². The lowest BCUT2D eigenvalue weighted by atomic mass is 9.94. The summed E-state index contributed by atoms with van der Waals surface area (Å²) in [6.07, 6.45) is 0. The molecule has 3 nitrogen and oxygen atoms in total. The molecule has 3 aromatic carbocycles. The van der Waals surface area contributed by atoms with Crippen molar-refractivity contribution in [2.75, 3.05) is 7.11 Å². The van der Waals surface area contributed by atoms with Gasteiger partial charge in [0.2, 0.25) is 0 Å². The monoisotopic (exact) mass is 342 g/mol. The third kappa shape index (κ3) is 2.78. The van der Waals surface area contributed by atoms with Crippen molar-refractivity contribution in [3.63, 3.8) is 0 Å². The van der Waals surface area contributed by atoms with Gasteiger partial charge in [-0.1, -0.05) is 60.2 Å². The highest BCUT2D eigenvalue weighted by Crippen LogP contribution is 2.37. The molecule has 0 saturated heterocycles. The molecule has 0 aliphatic carbocycles. The van der Waals surface area contributed by atoms with Gasteiger partial charge in [0, 0.05) is 16.5 Å². The van der Waals surface area contributed by atoms with Gasteiger partial charge in [0.1, 0.15) is 11.5 Å². The maximum absolute atomic E-state index is 12.6. The number of hydrogen-bond acceptors (Lipinski definition) is 3. The third-order valence-electron chi connectivity index (χ3n) is 4.50. The van der Waals surface area contributed by atoms with E-state index in [4.69, 9.17) is 9.15 Å². The summed E-state index contributed by atoms with van der Waals surface area (Å²) in [6, 6.07) is 23.3. The molecular formula is C23H18O3. The lowest BCUT2D eigenvalue weighted by Gasteiger charge is -2.13. The van der Waals surface area contributed by atoms with Crippen LogP contribution in [0.2, 0.25) is 0 Å². The van der Waals surface area contributed by atoms with Crippen LogP contribution in [0.3, 0.4) is 0 Å². The maximum atomic E-state index is 12.6. The van der Waals surface area contributed by atoms with Gasteiger partial charge >= 0.3 is 5.63 Å². The molecule has 0 radical (unpaired) electrons. The zero-order valence-electron chi connectivity index (χ0n) is 14.7. The third-order valence-corrected chi connectivity index (χ3v) is 4.50. The molecule has 26 heavy (non-hydrogen) atoms. The van der Waals surface area contributed by atoms with Crippen molar-refractivity contribution in [1.29, 1.82) is 0 Å².